The van der Waals surface area contributed by atoms with E-state index in [9.17, 15) is 9.59 Å². The van der Waals surface area contributed by atoms with Crippen LogP contribution in [-0.4, -0.2) is 27.6 Å². The van der Waals surface area contributed by atoms with Gasteiger partial charge in [-0.1, -0.05) is 30.3 Å². The van der Waals surface area contributed by atoms with Crippen molar-refractivity contribution < 1.29 is 14.0 Å². The van der Waals surface area contributed by atoms with E-state index >= 15 is 0 Å². The monoisotopic (exact) mass is 373 g/mol. The van der Waals surface area contributed by atoms with E-state index in [1.54, 1.807) is 36.4 Å². The average molecular weight is 373 g/mol. The lowest BCUT2D eigenvalue weighted by Gasteiger charge is -2.02. The van der Waals surface area contributed by atoms with Gasteiger partial charge in [-0.15, -0.1) is 0 Å². The Hall–Kier alpha value is -3.67. The van der Waals surface area contributed by atoms with Crippen LogP contribution in [-0.2, 0) is 6.42 Å². The van der Waals surface area contributed by atoms with Crippen LogP contribution in [0.4, 0.5) is 0 Å². The number of aromatic nitrogens is 2. The SMILES string of the molecule is CC(=O)c1ccc(-c2ccc(C(=O)NCCc3cn4ccccc4n3)o2)cc1. The molecule has 0 saturated carbocycles. The zero-order valence-corrected chi connectivity index (χ0v) is 15.4. The lowest BCUT2D eigenvalue weighted by molar-refractivity contribution is 0.0926. The predicted molar refractivity (Wildman–Crippen MR) is 105 cm³/mol. The summed E-state index contributed by atoms with van der Waals surface area (Å²) in [7, 11) is 0. The second-order valence-electron chi connectivity index (χ2n) is 6.50. The molecule has 0 fully saturated rings. The fraction of sp³-hybridized carbons (Fsp3) is 0.136. The van der Waals surface area contributed by atoms with Crippen molar-refractivity contribution in [1.82, 2.24) is 14.7 Å². The van der Waals surface area contributed by atoms with Gasteiger partial charge in [0.05, 0.1) is 5.69 Å². The highest BCUT2D eigenvalue weighted by Crippen LogP contribution is 2.22. The van der Waals surface area contributed by atoms with Gasteiger partial charge in [-0.25, -0.2) is 4.98 Å². The van der Waals surface area contributed by atoms with Gasteiger partial charge >= 0.3 is 0 Å². The van der Waals surface area contributed by atoms with E-state index < -0.39 is 0 Å². The summed E-state index contributed by atoms with van der Waals surface area (Å²) < 4.78 is 7.62. The molecule has 6 heteroatoms. The van der Waals surface area contributed by atoms with Crippen molar-refractivity contribution >= 4 is 17.3 Å². The summed E-state index contributed by atoms with van der Waals surface area (Å²) in [6, 6.07) is 16.3. The number of nitrogens with one attached hydrogen (secondary N) is 1. The second-order valence-corrected chi connectivity index (χ2v) is 6.50. The van der Waals surface area contributed by atoms with E-state index in [1.165, 1.54) is 6.92 Å². The van der Waals surface area contributed by atoms with Crippen LogP contribution in [0.2, 0.25) is 0 Å². The number of hydrogen-bond acceptors (Lipinski definition) is 4. The predicted octanol–water partition coefficient (Wildman–Crippen LogP) is 3.77. The number of ketones is 1. The Bertz CT molecular complexity index is 1110. The van der Waals surface area contributed by atoms with E-state index in [0.717, 1.165) is 16.9 Å². The minimum atomic E-state index is -0.268. The lowest BCUT2D eigenvalue weighted by atomic mass is 10.1. The Morgan fingerprint density at radius 2 is 1.89 bits per heavy atom. The highest BCUT2D eigenvalue weighted by molar-refractivity contribution is 5.94. The third-order valence-electron chi connectivity index (χ3n) is 4.49. The van der Waals surface area contributed by atoms with Gasteiger partial charge in [0.2, 0.25) is 0 Å². The lowest BCUT2D eigenvalue weighted by Crippen LogP contribution is -2.25. The number of amides is 1. The molecule has 0 radical (unpaired) electrons. The largest absolute Gasteiger partial charge is 0.451 e. The van der Waals surface area contributed by atoms with Crippen molar-refractivity contribution in [1.29, 1.82) is 0 Å². The highest BCUT2D eigenvalue weighted by Gasteiger charge is 2.12. The number of benzene rings is 1. The number of hydrogen-bond donors (Lipinski definition) is 1. The summed E-state index contributed by atoms with van der Waals surface area (Å²) in [5.41, 5.74) is 3.25. The molecule has 0 spiro atoms. The van der Waals surface area contributed by atoms with E-state index in [1.807, 2.05) is 35.0 Å². The number of fused-ring (bicyclic) bond motifs is 1. The third-order valence-corrected chi connectivity index (χ3v) is 4.49. The summed E-state index contributed by atoms with van der Waals surface area (Å²) in [4.78, 5) is 28.2. The maximum absolute atomic E-state index is 12.3. The first-order valence-corrected chi connectivity index (χ1v) is 9.02. The first kappa shape index (κ1) is 17.7. The van der Waals surface area contributed by atoms with Crippen molar-refractivity contribution in [3.63, 3.8) is 0 Å². The first-order valence-electron chi connectivity index (χ1n) is 9.02. The number of pyridine rings is 1. The van der Waals surface area contributed by atoms with Crippen molar-refractivity contribution in [2.75, 3.05) is 6.54 Å². The summed E-state index contributed by atoms with van der Waals surface area (Å²) in [6.45, 7) is 1.99. The molecule has 1 amide bonds. The fourth-order valence-electron chi connectivity index (χ4n) is 2.98. The molecule has 0 bridgehead atoms. The topological polar surface area (TPSA) is 76.6 Å². The standard InChI is InChI=1S/C22H19N3O3/c1-15(26)16-5-7-17(8-6-16)19-9-10-20(28-19)22(27)23-12-11-18-14-25-13-3-2-4-21(25)24-18/h2-10,13-14H,11-12H2,1H3,(H,23,27). The minimum Gasteiger partial charge on any atom is -0.451 e. The molecule has 4 rings (SSSR count). The van der Waals surface area contributed by atoms with E-state index in [4.69, 9.17) is 4.42 Å². The van der Waals surface area contributed by atoms with Gasteiger partial charge < -0.3 is 14.1 Å². The minimum absolute atomic E-state index is 0.0108. The van der Waals surface area contributed by atoms with Crippen LogP contribution in [0.25, 0.3) is 17.0 Å². The van der Waals surface area contributed by atoms with Gasteiger partial charge in [-0.05, 0) is 31.2 Å². The van der Waals surface area contributed by atoms with E-state index in [2.05, 4.69) is 10.3 Å². The summed E-state index contributed by atoms with van der Waals surface area (Å²) >= 11 is 0. The molecule has 0 aliphatic heterocycles. The molecule has 3 heterocycles. The molecule has 140 valence electrons. The van der Waals surface area contributed by atoms with Crippen LogP contribution in [0, 0.1) is 0 Å². The molecule has 3 aromatic heterocycles. The van der Waals surface area contributed by atoms with Crippen molar-refractivity contribution in [3.8, 4) is 11.3 Å². The molecule has 0 atom stereocenters. The van der Waals surface area contributed by atoms with Crippen LogP contribution in [0.5, 0.6) is 0 Å². The number of carbonyl (C=O) groups excluding carboxylic acids is 2. The molecule has 0 aliphatic rings. The van der Waals surface area contributed by atoms with E-state index in [-0.39, 0.29) is 17.5 Å². The Morgan fingerprint density at radius 3 is 2.64 bits per heavy atom. The molecule has 6 nitrogen and oxygen atoms in total. The quantitative estimate of drug-likeness (QED) is 0.522. The molecule has 0 aliphatic carbocycles. The van der Waals surface area contributed by atoms with Crippen LogP contribution in [0.3, 0.4) is 0 Å². The second kappa shape index (κ2) is 7.52. The first-order chi connectivity index (χ1) is 13.6. The fourth-order valence-corrected chi connectivity index (χ4v) is 2.98. The number of rotatable bonds is 6. The zero-order valence-electron chi connectivity index (χ0n) is 15.4. The average Bonchev–Trinajstić information content (AvgIpc) is 3.35. The Labute approximate surface area is 161 Å². The van der Waals surface area contributed by atoms with Gasteiger partial charge in [0.15, 0.2) is 11.5 Å². The number of nitrogens with zero attached hydrogens (tertiary/aromatic N) is 2. The van der Waals surface area contributed by atoms with Crippen LogP contribution in [0.1, 0.15) is 33.5 Å². The van der Waals surface area contributed by atoms with Crippen molar-refractivity contribution in [3.05, 3.63) is 84.0 Å². The Morgan fingerprint density at radius 1 is 1.07 bits per heavy atom. The van der Waals surface area contributed by atoms with Gasteiger partial charge in [-0.2, -0.15) is 0 Å². The van der Waals surface area contributed by atoms with Crippen LogP contribution >= 0.6 is 0 Å². The number of Topliss-reactive ketones (excluding diaryl/α,β-unsaturated/α-hetero) is 1. The van der Waals surface area contributed by atoms with Gasteiger partial charge in [-0.3, -0.25) is 9.59 Å². The number of furan rings is 1. The molecule has 1 N–H and O–H groups in total. The third kappa shape index (κ3) is 3.71. The Balaban J connectivity index is 1.36. The molecule has 1 aromatic carbocycles. The van der Waals surface area contributed by atoms with Gasteiger partial charge in [0.25, 0.3) is 5.91 Å². The molecule has 0 unspecified atom stereocenters. The Kier molecular flexibility index (Phi) is 4.76. The molecule has 4 aromatic rings. The zero-order chi connectivity index (χ0) is 19.5. The van der Waals surface area contributed by atoms with E-state index in [0.29, 0.717) is 24.3 Å². The summed E-state index contributed by atoms with van der Waals surface area (Å²) in [5, 5.41) is 2.85. The normalized spacial score (nSPS) is 10.9. The van der Waals surface area contributed by atoms with Crippen LogP contribution in [0.15, 0.2) is 71.4 Å². The van der Waals surface area contributed by atoms with Crippen molar-refractivity contribution in [2.24, 2.45) is 0 Å². The molecular formula is C22H19N3O3. The summed E-state index contributed by atoms with van der Waals surface area (Å²) in [5.74, 6) is 0.577. The van der Waals surface area contributed by atoms with Crippen molar-refractivity contribution in [2.45, 2.75) is 13.3 Å². The molecular weight excluding hydrogens is 354 g/mol. The van der Waals surface area contributed by atoms with Gasteiger partial charge in [0, 0.05) is 36.5 Å². The number of carbonyl (C=O) groups is 2. The van der Waals surface area contributed by atoms with Crippen LogP contribution < -0.4 is 5.32 Å². The highest BCUT2D eigenvalue weighted by atomic mass is 16.3. The summed E-state index contributed by atoms with van der Waals surface area (Å²) in [6.07, 6.45) is 4.53. The smallest absolute Gasteiger partial charge is 0.287 e. The number of imidazole rings is 1. The maximum atomic E-state index is 12.3. The molecule has 28 heavy (non-hydrogen) atoms. The molecule has 0 saturated heterocycles. The maximum Gasteiger partial charge on any atom is 0.287 e. The van der Waals surface area contributed by atoms with Gasteiger partial charge in [0.1, 0.15) is 11.4 Å².